The van der Waals surface area contributed by atoms with Crippen LogP contribution in [0.25, 0.3) is 0 Å². The molecule has 0 N–H and O–H groups in total. The fraction of sp³-hybridized carbons (Fsp3) is 0.625. The second-order valence-corrected chi connectivity index (χ2v) is 7.97. The van der Waals surface area contributed by atoms with E-state index < -0.39 is 14.9 Å². The van der Waals surface area contributed by atoms with Gasteiger partial charge >= 0.3 is 0 Å². The Bertz CT molecular complexity index is 701. The summed E-state index contributed by atoms with van der Waals surface area (Å²) in [4.78, 5) is 13.0. The van der Waals surface area contributed by atoms with Crippen molar-refractivity contribution in [3.63, 3.8) is 0 Å². The second-order valence-electron chi connectivity index (χ2n) is 6.04. The topological polar surface area (TPSA) is 83.8 Å². The Morgan fingerprint density at radius 2 is 1.96 bits per heavy atom. The zero-order valence-electron chi connectivity index (χ0n) is 14.4. The maximum atomic E-state index is 12.6. The molecule has 0 bridgehead atoms. The highest BCUT2D eigenvalue weighted by Gasteiger charge is 2.29. The third kappa shape index (κ3) is 3.54. The lowest BCUT2D eigenvalue weighted by molar-refractivity contribution is -0.384. The summed E-state index contributed by atoms with van der Waals surface area (Å²) in [5.74, 6) is 0. The van der Waals surface area contributed by atoms with Gasteiger partial charge in [-0.05, 0) is 38.3 Å². The molecule has 0 aromatic heterocycles. The second kappa shape index (κ2) is 7.48. The van der Waals surface area contributed by atoms with Crippen LogP contribution < -0.4 is 4.90 Å². The van der Waals surface area contributed by atoms with Crippen LogP contribution in [0.2, 0.25) is 0 Å². The van der Waals surface area contributed by atoms with Crippen LogP contribution in [0.5, 0.6) is 0 Å². The molecule has 1 heterocycles. The van der Waals surface area contributed by atoms with E-state index in [1.807, 2.05) is 11.8 Å². The number of nitrogens with zero attached hydrogens (tertiary/aromatic N) is 3. The van der Waals surface area contributed by atoms with Crippen molar-refractivity contribution < 1.29 is 13.3 Å². The van der Waals surface area contributed by atoms with Crippen molar-refractivity contribution >= 4 is 21.4 Å². The molecule has 0 radical (unpaired) electrons. The van der Waals surface area contributed by atoms with Gasteiger partial charge in [0.2, 0.25) is 10.0 Å². The molecule has 1 unspecified atom stereocenters. The van der Waals surface area contributed by atoms with Gasteiger partial charge in [-0.25, -0.2) is 8.42 Å². The van der Waals surface area contributed by atoms with Crippen molar-refractivity contribution in [2.75, 3.05) is 24.5 Å². The van der Waals surface area contributed by atoms with E-state index in [-0.39, 0.29) is 16.6 Å². The van der Waals surface area contributed by atoms with Crippen LogP contribution in [-0.2, 0) is 10.0 Å². The maximum absolute atomic E-state index is 12.6. The minimum absolute atomic E-state index is 0.0219. The molecule has 24 heavy (non-hydrogen) atoms. The van der Waals surface area contributed by atoms with Gasteiger partial charge in [0.15, 0.2) is 0 Å². The Hall–Kier alpha value is -1.67. The molecule has 7 nitrogen and oxygen atoms in total. The van der Waals surface area contributed by atoms with E-state index in [1.165, 1.54) is 16.4 Å². The first-order chi connectivity index (χ1) is 11.3. The summed E-state index contributed by atoms with van der Waals surface area (Å²) in [6, 6.07) is 4.47. The van der Waals surface area contributed by atoms with Crippen LogP contribution in [0.1, 0.15) is 40.0 Å². The van der Waals surface area contributed by atoms with Crippen molar-refractivity contribution in [3.05, 3.63) is 28.3 Å². The smallest absolute Gasteiger partial charge is 0.293 e. The molecule has 1 atom stereocenters. The number of piperidine rings is 1. The van der Waals surface area contributed by atoms with Crippen molar-refractivity contribution in [1.29, 1.82) is 0 Å². The molecule has 1 saturated heterocycles. The van der Waals surface area contributed by atoms with E-state index >= 15 is 0 Å². The van der Waals surface area contributed by atoms with Crippen LogP contribution in [0.4, 0.5) is 11.4 Å². The van der Waals surface area contributed by atoms with Gasteiger partial charge in [0.1, 0.15) is 5.69 Å². The molecule has 1 aliphatic heterocycles. The first-order valence-electron chi connectivity index (χ1n) is 8.38. The molecule has 1 fully saturated rings. The monoisotopic (exact) mass is 355 g/mol. The summed E-state index contributed by atoms with van der Waals surface area (Å²) in [6.07, 6.45) is 3.08. The van der Waals surface area contributed by atoms with Gasteiger partial charge < -0.3 is 4.90 Å². The lowest BCUT2D eigenvalue weighted by atomic mass is 10.0. The van der Waals surface area contributed by atoms with Gasteiger partial charge in [0, 0.05) is 31.7 Å². The predicted octanol–water partition coefficient (Wildman–Crippen LogP) is 3.00. The van der Waals surface area contributed by atoms with Gasteiger partial charge in [0.25, 0.3) is 5.69 Å². The van der Waals surface area contributed by atoms with Crippen molar-refractivity contribution in [3.8, 4) is 0 Å². The van der Waals surface area contributed by atoms with Gasteiger partial charge in [-0.1, -0.05) is 13.8 Å². The molecule has 134 valence electrons. The summed E-state index contributed by atoms with van der Waals surface area (Å²) >= 11 is 0. The van der Waals surface area contributed by atoms with Crippen molar-refractivity contribution in [1.82, 2.24) is 4.31 Å². The molecule has 0 aliphatic carbocycles. The van der Waals surface area contributed by atoms with E-state index in [0.29, 0.717) is 18.8 Å². The molecule has 0 spiro atoms. The highest BCUT2D eigenvalue weighted by molar-refractivity contribution is 7.89. The number of hydrogen-bond acceptors (Lipinski definition) is 5. The first-order valence-corrected chi connectivity index (χ1v) is 9.82. The number of benzene rings is 1. The SMILES string of the molecule is CCN(CC)S(=O)(=O)c1ccc(N2CCCCC2C)c([N+](=O)[O-])c1. The highest BCUT2D eigenvalue weighted by atomic mass is 32.2. The van der Waals surface area contributed by atoms with Crippen LogP contribution in [0.15, 0.2) is 23.1 Å². The van der Waals surface area contributed by atoms with E-state index in [1.54, 1.807) is 19.9 Å². The van der Waals surface area contributed by atoms with Gasteiger partial charge in [-0.3, -0.25) is 10.1 Å². The fourth-order valence-electron chi connectivity index (χ4n) is 3.22. The zero-order chi connectivity index (χ0) is 17.9. The summed E-state index contributed by atoms with van der Waals surface area (Å²) < 4.78 is 26.5. The highest BCUT2D eigenvalue weighted by Crippen LogP contribution is 2.35. The quantitative estimate of drug-likeness (QED) is 0.578. The standard InChI is InChI=1S/C16H25N3O4S/c1-4-17(5-2)24(22,23)14-9-10-15(16(12-14)19(20)21)18-11-7-6-8-13(18)3/h9-10,12-13H,4-8,11H2,1-3H3. The molecule has 1 aromatic carbocycles. The van der Waals surface area contributed by atoms with E-state index in [2.05, 4.69) is 0 Å². The molecule has 1 aromatic rings. The summed E-state index contributed by atoms with van der Waals surface area (Å²) in [6.45, 7) is 6.96. The third-order valence-corrected chi connectivity index (χ3v) is 6.65. The average molecular weight is 355 g/mol. The van der Waals surface area contributed by atoms with Gasteiger partial charge in [0.05, 0.1) is 9.82 Å². The van der Waals surface area contributed by atoms with E-state index in [9.17, 15) is 18.5 Å². The Labute approximate surface area is 143 Å². The first kappa shape index (κ1) is 18.7. The lowest BCUT2D eigenvalue weighted by Gasteiger charge is -2.35. The predicted molar refractivity (Wildman–Crippen MR) is 93.9 cm³/mol. The van der Waals surface area contributed by atoms with Crippen LogP contribution in [-0.4, -0.2) is 43.3 Å². The zero-order valence-corrected chi connectivity index (χ0v) is 15.3. The number of sulfonamides is 1. The summed E-state index contributed by atoms with van der Waals surface area (Å²) in [5, 5.41) is 11.5. The van der Waals surface area contributed by atoms with Crippen molar-refractivity contribution in [2.45, 2.75) is 51.0 Å². The molecular formula is C16H25N3O4S. The van der Waals surface area contributed by atoms with Crippen molar-refractivity contribution in [2.24, 2.45) is 0 Å². The Morgan fingerprint density at radius 3 is 2.50 bits per heavy atom. The van der Waals surface area contributed by atoms with Crippen LogP contribution >= 0.6 is 0 Å². The Kier molecular flexibility index (Phi) is 5.82. The Morgan fingerprint density at radius 1 is 1.29 bits per heavy atom. The molecule has 2 rings (SSSR count). The largest absolute Gasteiger partial charge is 0.363 e. The van der Waals surface area contributed by atoms with Crippen LogP contribution in [0, 0.1) is 10.1 Å². The number of rotatable bonds is 6. The summed E-state index contributed by atoms with van der Waals surface area (Å²) in [5.41, 5.74) is 0.364. The molecular weight excluding hydrogens is 330 g/mol. The van der Waals surface area contributed by atoms with Gasteiger partial charge in [-0.15, -0.1) is 0 Å². The molecule has 8 heteroatoms. The molecule has 0 saturated carbocycles. The lowest BCUT2D eigenvalue weighted by Crippen LogP contribution is -2.37. The normalized spacial score (nSPS) is 18.8. The third-order valence-electron chi connectivity index (χ3n) is 4.60. The maximum Gasteiger partial charge on any atom is 0.293 e. The number of nitro benzene ring substituents is 1. The minimum Gasteiger partial charge on any atom is -0.363 e. The van der Waals surface area contributed by atoms with Crippen LogP contribution in [0.3, 0.4) is 0 Å². The fourth-order valence-corrected chi connectivity index (χ4v) is 4.70. The van der Waals surface area contributed by atoms with Gasteiger partial charge in [-0.2, -0.15) is 4.31 Å². The Balaban J connectivity index is 2.49. The summed E-state index contributed by atoms with van der Waals surface area (Å²) in [7, 11) is -3.71. The van der Waals surface area contributed by atoms with E-state index in [4.69, 9.17) is 0 Å². The number of nitro groups is 1. The number of anilines is 1. The number of hydrogen-bond donors (Lipinski definition) is 0. The minimum atomic E-state index is -3.71. The average Bonchev–Trinajstić information content (AvgIpc) is 2.55. The molecule has 1 aliphatic rings. The van der Waals surface area contributed by atoms with E-state index in [0.717, 1.165) is 25.8 Å². The molecule has 0 amide bonds.